The van der Waals surface area contributed by atoms with Crippen LogP contribution in [-0.2, 0) is 4.74 Å². The minimum absolute atomic E-state index is 0.0379. The number of nitriles is 1. The van der Waals surface area contributed by atoms with Crippen molar-refractivity contribution in [2.45, 2.75) is 136 Å². The van der Waals surface area contributed by atoms with Crippen LogP contribution in [0.4, 0.5) is 0 Å². The molecule has 0 amide bonds. The van der Waals surface area contributed by atoms with Crippen LogP contribution >= 0.6 is 0 Å². The first-order chi connectivity index (χ1) is 17.6. The van der Waals surface area contributed by atoms with Gasteiger partial charge in [-0.15, -0.1) is 0 Å². The number of aliphatic hydroxyl groups is 1. The Morgan fingerprint density at radius 3 is 1.78 bits per heavy atom. The molecule has 0 aromatic heterocycles. The normalized spacial score (nSPS) is 12.0. The Labute approximate surface area is 221 Å². The zero-order chi connectivity index (χ0) is 26.3. The van der Waals surface area contributed by atoms with Crippen molar-refractivity contribution in [2.24, 2.45) is 0 Å². The summed E-state index contributed by atoms with van der Waals surface area (Å²) in [4.78, 5) is 0. The van der Waals surface area contributed by atoms with Crippen LogP contribution in [0, 0.1) is 11.3 Å². The fourth-order valence-corrected chi connectivity index (χ4v) is 4.30. The van der Waals surface area contributed by atoms with E-state index in [0.717, 1.165) is 6.42 Å². The first-order valence-electron chi connectivity index (χ1n) is 14.7. The minimum atomic E-state index is -0.439. The molecule has 0 saturated heterocycles. The molecule has 5 heteroatoms. The molecule has 1 N–H and O–H groups in total. The molecule has 0 heterocycles. The lowest BCUT2D eigenvalue weighted by atomic mass is 10.0. The monoisotopic (exact) mass is 503 g/mol. The van der Waals surface area contributed by atoms with Crippen molar-refractivity contribution in [1.82, 2.24) is 0 Å². The van der Waals surface area contributed by atoms with Crippen molar-refractivity contribution < 1.29 is 19.3 Å². The Bertz CT molecular complexity index is 686. The van der Waals surface area contributed by atoms with Crippen LogP contribution in [-0.4, -0.2) is 37.1 Å². The summed E-state index contributed by atoms with van der Waals surface area (Å²) in [5.74, 6) is 1.06. The number of ether oxygens (including phenoxy) is 3. The van der Waals surface area contributed by atoms with Crippen molar-refractivity contribution in [1.29, 1.82) is 5.26 Å². The topological polar surface area (TPSA) is 71.7 Å². The van der Waals surface area contributed by atoms with E-state index in [1.54, 1.807) is 18.2 Å². The van der Waals surface area contributed by atoms with Crippen molar-refractivity contribution in [3.05, 3.63) is 23.8 Å². The second kappa shape index (κ2) is 22.4. The van der Waals surface area contributed by atoms with Crippen molar-refractivity contribution in [2.75, 3.05) is 19.8 Å². The van der Waals surface area contributed by atoms with Crippen LogP contribution in [0.1, 0.15) is 129 Å². The van der Waals surface area contributed by atoms with Gasteiger partial charge < -0.3 is 19.3 Å². The molecule has 36 heavy (non-hydrogen) atoms. The van der Waals surface area contributed by atoms with Gasteiger partial charge in [-0.25, -0.2) is 0 Å². The maximum atomic E-state index is 9.66. The molecule has 0 saturated carbocycles. The summed E-state index contributed by atoms with van der Waals surface area (Å²) in [6.45, 7) is 7.01. The van der Waals surface area contributed by atoms with Gasteiger partial charge in [-0.1, -0.05) is 103 Å². The summed E-state index contributed by atoms with van der Waals surface area (Å²) in [7, 11) is 0. The summed E-state index contributed by atoms with van der Waals surface area (Å²) in [6.07, 6.45) is 21.2. The van der Waals surface area contributed by atoms with Gasteiger partial charge in [-0.3, -0.25) is 0 Å². The molecular weight excluding hydrogens is 450 g/mol. The molecule has 0 aliphatic rings. The number of hydrogen-bond donors (Lipinski definition) is 1. The molecule has 1 rings (SSSR count). The van der Waals surface area contributed by atoms with E-state index in [9.17, 15) is 10.4 Å². The SMILES string of the molecule is CCCCCCCCCCCCCCCCCCOC[C@H](CO)Oc1ccc(C#N)c(OC(C)C)c1. The molecule has 1 atom stereocenters. The maximum Gasteiger partial charge on any atom is 0.145 e. The lowest BCUT2D eigenvalue weighted by Crippen LogP contribution is -2.27. The average molecular weight is 504 g/mol. The predicted molar refractivity (Wildman–Crippen MR) is 149 cm³/mol. The Kier molecular flexibility index (Phi) is 20.1. The second-order valence-electron chi connectivity index (χ2n) is 10.2. The van der Waals surface area contributed by atoms with E-state index in [1.807, 2.05) is 13.8 Å². The summed E-state index contributed by atoms with van der Waals surface area (Å²) in [5, 5.41) is 18.9. The van der Waals surface area contributed by atoms with E-state index >= 15 is 0 Å². The molecule has 1 aromatic rings. The average Bonchev–Trinajstić information content (AvgIpc) is 2.87. The molecule has 0 aliphatic heterocycles. The summed E-state index contributed by atoms with van der Waals surface area (Å²) in [6, 6.07) is 7.24. The largest absolute Gasteiger partial charge is 0.489 e. The minimum Gasteiger partial charge on any atom is -0.489 e. The fourth-order valence-electron chi connectivity index (χ4n) is 4.30. The number of nitrogens with zero attached hydrogens (tertiary/aromatic N) is 1. The van der Waals surface area contributed by atoms with Crippen molar-refractivity contribution >= 4 is 0 Å². The molecule has 0 radical (unpaired) electrons. The molecule has 0 unspecified atom stereocenters. The molecule has 0 aliphatic carbocycles. The van der Waals surface area contributed by atoms with Gasteiger partial charge in [-0.2, -0.15) is 5.26 Å². The van der Waals surface area contributed by atoms with Crippen LogP contribution < -0.4 is 9.47 Å². The van der Waals surface area contributed by atoms with Crippen molar-refractivity contribution in [3.8, 4) is 17.6 Å². The first-order valence-corrected chi connectivity index (χ1v) is 14.7. The highest BCUT2D eigenvalue weighted by molar-refractivity contribution is 5.47. The number of benzene rings is 1. The molecule has 0 bridgehead atoms. The number of unbranched alkanes of at least 4 members (excludes halogenated alkanes) is 15. The van der Waals surface area contributed by atoms with Crippen LogP contribution in [0.25, 0.3) is 0 Å². The van der Waals surface area contributed by atoms with Crippen LogP contribution in [0.5, 0.6) is 11.5 Å². The van der Waals surface area contributed by atoms with Crippen LogP contribution in [0.3, 0.4) is 0 Å². The molecule has 5 nitrogen and oxygen atoms in total. The van der Waals surface area contributed by atoms with Gasteiger partial charge in [0, 0.05) is 12.7 Å². The van der Waals surface area contributed by atoms with Crippen LogP contribution in [0.15, 0.2) is 18.2 Å². The number of aliphatic hydroxyl groups excluding tert-OH is 1. The highest BCUT2D eigenvalue weighted by atomic mass is 16.5. The Morgan fingerprint density at radius 1 is 0.778 bits per heavy atom. The lowest BCUT2D eigenvalue weighted by molar-refractivity contribution is 0.0187. The van der Waals surface area contributed by atoms with E-state index in [0.29, 0.717) is 30.3 Å². The third-order valence-corrected chi connectivity index (χ3v) is 6.39. The molecule has 1 aromatic carbocycles. The van der Waals surface area contributed by atoms with Crippen LogP contribution in [0.2, 0.25) is 0 Å². The quantitative estimate of drug-likeness (QED) is 0.143. The van der Waals surface area contributed by atoms with Gasteiger partial charge in [-0.05, 0) is 32.4 Å². The molecular formula is C31H53NO4. The van der Waals surface area contributed by atoms with Gasteiger partial charge in [0.1, 0.15) is 23.7 Å². The van der Waals surface area contributed by atoms with Crippen molar-refractivity contribution in [3.63, 3.8) is 0 Å². The summed E-state index contributed by atoms with van der Waals surface area (Å²) >= 11 is 0. The Balaban J connectivity index is 2.01. The molecule has 0 fully saturated rings. The standard InChI is InChI=1S/C31H53NO4/c1-4-5-6-7-8-9-10-11-12-13-14-15-16-17-18-19-22-34-26-30(25-33)36-29-21-20-28(24-32)31(23-29)35-27(2)3/h20-21,23,27,30,33H,4-19,22,25-26H2,1-3H3/t30-/m0/s1. The van der Waals surface area contributed by atoms with E-state index in [-0.39, 0.29) is 12.7 Å². The first kappa shape index (κ1) is 32.3. The molecule has 0 spiro atoms. The van der Waals surface area contributed by atoms with Gasteiger partial charge in [0.2, 0.25) is 0 Å². The zero-order valence-corrected chi connectivity index (χ0v) is 23.4. The maximum absolute atomic E-state index is 9.66. The highest BCUT2D eigenvalue weighted by Gasteiger charge is 2.13. The number of rotatable bonds is 24. The lowest BCUT2D eigenvalue weighted by Gasteiger charge is -2.18. The van der Waals surface area contributed by atoms with Gasteiger partial charge in [0.05, 0.1) is 24.9 Å². The highest BCUT2D eigenvalue weighted by Crippen LogP contribution is 2.26. The number of hydrogen-bond acceptors (Lipinski definition) is 5. The van der Waals surface area contributed by atoms with E-state index < -0.39 is 6.10 Å². The predicted octanol–water partition coefficient (Wildman–Crippen LogP) is 8.36. The van der Waals surface area contributed by atoms with E-state index in [1.165, 1.54) is 96.3 Å². The van der Waals surface area contributed by atoms with Gasteiger partial charge in [0.15, 0.2) is 0 Å². The Hall–Kier alpha value is -1.77. The smallest absolute Gasteiger partial charge is 0.145 e. The fraction of sp³-hybridized carbons (Fsp3) is 0.774. The van der Waals surface area contributed by atoms with E-state index in [4.69, 9.17) is 14.2 Å². The van der Waals surface area contributed by atoms with E-state index in [2.05, 4.69) is 13.0 Å². The zero-order valence-electron chi connectivity index (χ0n) is 23.4. The Morgan fingerprint density at radius 2 is 1.31 bits per heavy atom. The van der Waals surface area contributed by atoms with Gasteiger partial charge in [0.25, 0.3) is 0 Å². The second-order valence-corrected chi connectivity index (χ2v) is 10.2. The summed E-state index contributed by atoms with van der Waals surface area (Å²) in [5.41, 5.74) is 0.469. The molecule has 206 valence electrons. The third-order valence-electron chi connectivity index (χ3n) is 6.39. The third kappa shape index (κ3) is 16.8. The summed E-state index contributed by atoms with van der Waals surface area (Å²) < 4.78 is 17.3. The van der Waals surface area contributed by atoms with Gasteiger partial charge >= 0.3 is 0 Å².